The first-order chi connectivity index (χ1) is 16.6. The minimum atomic E-state index is -0.950. The van der Waals surface area contributed by atoms with Crippen LogP contribution < -0.4 is 4.90 Å². The lowest BCUT2D eigenvalue weighted by atomic mass is 9.82. The average molecular weight is 476 g/mol. The van der Waals surface area contributed by atoms with E-state index in [0.29, 0.717) is 6.42 Å². The molecule has 3 aromatic rings. The first kappa shape index (κ1) is 26.5. The molecule has 3 rings (SSSR count). The van der Waals surface area contributed by atoms with Gasteiger partial charge in [0, 0.05) is 25.2 Å². The van der Waals surface area contributed by atoms with Gasteiger partial charge in [-0.3, -0.25) is 0 Å². The molecule has 3 N–H and O–H groups in total. The molecule has 0 saturated heterocycles. The lowest BCUT2D eigenvalue weighted by Crippen LogP contribution is -2.26. The van der Waals surface area contributed by atoms with E-state index < -0.39 is 12.1 Å². The van der Waals surface area contributed by atoms with Gasteiger partial charge in [-0.2, -0.15) is 0 Å². The SMILES string of the molecule is CCN(CC)c1ccc(-c2cc(-c3ccc(C(=O)O)cc3)ccc2CC(O)CO)cc1C(C)(C)C. The van der Waals surface area contributed by atoms with Gasteiger partial charge >= 0.3 is 5.97 Å². The highest BCUT2D eigenvalue weighted by molar-refractivity contribution is 5.88. The second-order valence-electron chi connectivity index (χ2n) is 9.95. The topological polar surface area (TPSA) is 81.0 Å². The van der Waals surface area contributed by atoms with E-state index in [1.54, 1.807) is 12.1 Å². The smallest absolute Gasteiger partial charge is 0.335 e. The van der Waals surface area contributed by atoms with Crippen LogP contribution in [-0.2, 0) is 11.8 Å². The molecule has 0 aliphatic rings. The molecule has 1 unspecified atom stereocenters. The van der Waals surface area contributed by atoms with Crippen LogP contribution in [0.1, 0.15) is 56.1 Å². The Morgan fingerprint density at radius 2 is 1.49 bits per heavy atom. The van der Waals surface area contributed by atoms with E-state index in [1.807, 2.05) is 24.3 Å². The van der Waals surface area contributed by atoms with E-state index in [-0.39, 0.29) is 17.6 Å². The molecule has 0 saturated carbocycles. The summed E-state index contributed by atoms with van der Waals surface area (Å²) in [7, 11) is 0. The molecule has 5 nitrogen and oxygen atoms in total. The van der Waals surface area contributed by atoms with E-state index in [0.717, 1.165) is 40.9 Å². The quantitative estimate of drug-likeness (QED) is 0.367. The van der Waals surface area contributed by atoms with Gasteiger partial charge in [0.25, 0.3) is 0 Å². The highest BCUT2D eigenvalue weighted by Crippen LogP contribution is 2.38. The molecule has 0 aliphatic heterocycles. The van der Waals surface area contributed by atoms with Crippen molar-refractivity contribution in [2.75, 3.05) is 24.6 Å². The Bertz CT molecular complexity index is 1160. The summed E-state index contributed by atoms with van der Waals surface area (Å²) in [5, 5.41) is 28.9. The predicted molar refractivity (Wildman–Crippen MR) is 143 cm³/mol. The fraction of sp³-hybridized carbons (Fsp3) is 0.367. The minimum Gasteiger partial charge on any atom is -0.478 e. The second-order valence-corrected chi connectivity index (χ2v) is 9.95. The molecular weight excluding hydrogens is 438 g/mol. The van der Waals surface area contributed by atoms with Crippen LogP contribution in [0.5, 0.6) is 0 Å². The van der Waals surface area contributed by atoms with Crippen molar-refractivity contribution >= 4 is 11.7 Å². The zero-order valence-corrected chi connectivity index (χ0v) is 21.4. The van der Waals surface area contributed by atoms with E-state index in [2.05, 4.69) is 63.8 Å². The summed E-state index contributed by atoms with van der Waals surface area (Å²) >= 11 is 0. The number of aliphatic hydroxyl groups is 2. The standard InChI is InChI=1S/C30H37NO4/c1-6-31(7-2)28-15-14-24(18-27(28)30(3,4)5)26-17-22(12-13-23(26)16-25(33)19-32)20-8-10-21(11-9-20)29(34)35/h8-15,17-18,25,32-33H,6-7,16,19H2,1-5H3,(H,34,35). The van der Waals surface area contributed by atoms with Gasteiger partial charge < -0.3 is 20.2 Å². The highest BCUT2D eigenvalue weighted by Gasteiger charge is 2.22. The molecule has 0 spiro atoms. The lowest BCUT2D eigenvalue weighted by molar-refractivity contribution is 0.0697. The number of aromatic carboxylic acids is 1. The molecule has 0 bridgehead atoms. The third kappa shape index (κ3) is 6.11. The molecule has 1 atom stereocenters. The largest absolute Gasteiger partial charge is 0.478 e. The van der Waals surface area contributed by atoms with Gasteiger partial charge in [0.2, 0.25) is 0 Å². The molecule has 0 aliphatic carbocycles. The summed E-state index contributed by atoms with van der Waals surface area (Å²) in [6.07, 6.45) is -0.501. The summed E-state index contributed by atoms with van der Waals surface area (Å²) < 4.78 is 0. The van der Waals surface area contributed by atoms with Gasteiger partial charge in [-0.05, 0) is 83.0 Å². The van der Waals surface area contributed by atoms with E-state index >= 15 is 0 Å². The van der Waals surface area contributed by atoms with Crippen molar-refractivity contribution in [2.45, 2.75) is 52.6 Å². The fourth-order valence-corrected chi connectivity index (χ4v) is 4.47. The number of benzene rings is 3. The maximum absolute atomic E-state index is 11.2. The number of nitrogens with zero attached hydrogens (tertiary/aromatic N) is 1. The van der Waals surface area contributed by atoms with Crippen LogP contribution >= 0.6 is 0 Å². The molecular formula is C30H37NO4. The number of anilines is 1. The number of carboxylic acid groups (broad SMARTS) is 1. The molecule has 0 fully saturated rings. The number of hydrogen-bond acceptors (Lipinski definition) is 4. The monoisotopic (exact) mass is 475 g/mol. The first-order valence-corrected chi connectivity index (χ1v) is 12.2. The van der Waals surface area contributed by atoms with Crippen molar-refractivity contribution < 1.29 is 20.1 Å². The van der Waals surface area contributed by atoms with Gasteiger partial charge in [0.05, 0.1) is 18.3 Å². The number of carboxylic acids is 1. The summed E-state index contributed by atoms with van der Waals surface area (Å²) in [6, 6.07) is 19.5. The highest BCUT2D eigenvalue weighted by atomic mass is 16.4. The van der Waals surface area contributed by atoms with E-state index in [9.17, 15) is 20.1 Å². The van der Waals surface area contributed by atoms with Crippen molar-refractivity contribution in [3.63, 3.8) is 0 Å². The van der Waals surface area contributed by atoms with Crippen molar-refractivity contribution in [2.24, 2.45) is 0 Å². The third-order valence-corrected chi connectivity index (χ3v) is 6.46. The van der Waals surface area contributed by atoms with Gasteiger partial charge in [-0.1, -0.05) is 51.1 Å². The Kier molecular flexibility index (Phi) is 8.36. The Hall–Kier alpha value is -3.15. The van der Waals surface area contributed by atoms with Gasteiger partial charge in [0.1, 0.15) is 0 Å². The van der Waals surface area contributed by atoms with Crippen molar-refractivity contribution in [1.82, 2.24) is 0 Å². The normalized spacial score (nSPS) is 12.4. The molecule has 35 heavy (non-hydrogen) atoms. The number of rotatable bonds is 9. The van der Waals surface area contributed by atoms with Crippen LogP contribution in [0.15, 0.2) is 60.7 Å². The molecule has 0 aromatic heterocycles. The molecule has 0 radical (unpaired) electrons. The predicted octanol–water partition coefficient (Wildman–Crippen LogP) is 5.76. The van der Waals surface area contributed by atoms with Crippen LogP contribution in [0.4, 0.5) is 5.69 Å². The average Bonchev–Trinajstić information content (AvgIpc) is 2.84. The van der Waals surface area contributed by atoms with Crippen molar-refractivity contribution in [3.8, 4) is 22.3 Å². The Balaban J connectivity index is 2.18. The maximum Gasteiger partial charge on any atom is 0.335 e. The molecule has 5 heteroatoms. The van der Waals surface area contributed by atoms with Crippen molar-refractivity contribution in [3.05, 3.63) is 77.4 Å². The van der Waals surface area contributed by atoms with E-state index in [1.165, 1.54) is 11.3 Å². The van der Waals surface area contributed by atoms with E-state index in [4.69, 9.17) is 0 Å². The summed E-state index contributed by atoms with van der Waals surface area (Å²) in [5.74, 6) is -0.950. The molecule has 0 heterocycles. The number of aliphatic hydroxyl groups excluding tert-OH is 2. The van der Waals surface area contributed by atoms with Gasteiger partial charge in [0.15, 0.2) is 0 Å². The van der Waals surface area contributed by atoms with Crippen molar-refractivity contribution in [1.29, 1.82) is 0 Å². The summed E-state index contributed by atoms with van der Waals surface area (Å²) in [6.45, 7) is 12.5. The lowest BCUT2D eigenvalue weighted by Gasteiger charge is -2.31. The first-order valence-electron chi connectivity index (χ1n) is 12.2. The molecule has 0 amide bonds. The van der Waals surface area contributed by atoms with Crippen LogP contribution in [0.25, 0.3) is 22.3 Å². The Morgan fingerprint density at radius 3 is 2.03 bits per heavy atom. The Morgan fingerprint density at radius 1 is 0.886 bits per heavy atom. The fourth-order valence-electron chi connectivity index (χ4n) is 4.47. The van der Waals surface area contributed by atoms with Gasteiger partial charge in [-0.25, -0.2) is 4.79 Å². The zero-order valence-electron chi connectivity index (χ0n) is 21.4. The van der Waals surface area contributed by atoms with Crippen LogP contribution in [0.3, 0.4) is 0 Å². The van der Waals surface area contributed by atoms with Crippen LogP contribution in [-0.4, -0.2) is 47.1 Å². The summed E-state index contributed by atoms with van der Waals surface area (Å²) in [4.78, 5) is 13.6. The van der Waals surface area contributed by atoms with Crippen LogP contribution in [0.2, 0.25) is 0 Å². The number of hydrogen-bond donors (Lipinski definition) is 3. The van der Waals surface area contributed by atoms with Gasteiger partial charge in [-0.15, -0.1) is 0 Å². The third-order valence-electron chi connectivity index (χ3n) is 6.46. The second kappa shape index (κ2) is 11.1. The van der Waals surface area contributed by atoms with Crippen LogP contribution in [0, 0.1) is 0 Å². The number of carbonyl (C=O) groups is 1. The zero-order chi connectivity index (χ0) is 25.8. The summed E-state index contributed by atoms with van der Waals surface area (Å²) in [5.41, 5.74) is 7.54. The molecule has 186 valence electrons. The Labute approximate surface area is 208 Å². The molecule has 3 aromatic carbocycles. The minimum absolute atomic E-state index is 0.0665. The maximum atomic E-state index is 11.2.